The van der Waals surface area contributed by atoms with Crippen LogP contribution in [0.15, 0.2) is 47.8 Å². The fourth-order valence-electron chi connectivity index (χ4n) is 2.87. The second-order valence-electron chi connectivity index (χ2n) is 6.64. The highest BCUT2D eigenvalue weighted by Crippen LogP contribution is 2.33. The molecular weight excluding hydrogens is 400 g/mol. The standard InChI is InChI=1S/C23H26N2O4S/c1-4-5-6-13-29-18-10-7-16(8-11-18)22(26)25-23-24-19(15-30-23)17-9-12-20(27-2)21(14-17)28-3/h7-12,14-15H,4-6,13H2,1-3H3,(H,24,25,26). The zero-order valence-corrected chi connectivity index (χ0v) is 18.3. The van der Waals surface area contributed by atoms with Crippen molar-refractivity contribution in [1.29, 1.82) is 0 Å². The summed E-state index contributed by atoms with van der Waals surface area (Å²) in [4.78, 5) is 17.1. The minimum absolute atomic E-state index is 0.208. The summed E-state index contributed by atoms with van der Waals surface area (Å²) in [5.41, 5.74) is 2.19. The third-order valence-electron chi connectivity index (χ3n) is 4.54. The highest BCUT2D eigenvalue weighted by atomic mass is 32.1. The van der Waals surface area contributed by atoms with Gasteiger partial charge in [0.05, 0.1) is 26.5 Å². The Labute approximate surface area is 180 Å². The first kappa shape index (κ1) is 21.6. The van der Waals surface area contributed by atoms with E-state index in [-0.39, 0.29) is 5.91 Å². The second kappa shape index (κ2) is 10.6. The van der Waals surface area contributed by atoms with E-state index in [0.717, 1.165) is 36.3 Å². The lowest BCUT2D eigenvalue weighted by Gasteiger charge is -2.08. The van der Waals surface area contributed by atoms with Gasteiger partial charge in [0.1, 0.15) is 5.75 Å². The maximum atomic E-state index is 12.5. The smallest absolute Gasteiger partial charge is 0.257 e. The van der Waals surface area contributed by atoms with Crippen LogP contribution >= 0.6 is 11.3 Å². The summed E-state index contributed by atoms with van der Waals surface area (Å²) < 4.78 is 16.3. The molecule has 0 aliphatic rings. The number of ether oxygens (including phenoxy) is 3. The van der Waals surface area contributed by atoms with E-state index in [9.17, 15) is 4.79 Å². The van der Waals surface area contributed by atoms with Crippen LogP contribution in [0.1, 0.15) is 36.5 Å². The molecule has 3 aromatic rings. The molecule has 0 saturated carbocycles. The average molecular weight is 427 g/mol. The van der Waals surface area contributed by atoms with Crippen molar-refractivity contribution in [3.63, 3.8) is 0 Å². The van der Waals surface area contributed by atoms with Gasteiger partial charge >= 0.3 is 0 Å². The molecule has 2 aromatic carbocycles. The molecule has 1 N–H and O–H groups in total. The summed E-state index contributed by atoms with van der Waals surface area (Å²) in [7, 11) is 3.19. The van der Waals surface area contributed by atoms with E-state index in [1.807, 2.05) is 35.7 Å². The summed E-state index contributed by atoms with van der Waals surface area (Å²) in [6.45, 7) is 2.85. The number of anilines is 1. The largest absolute Gasteiger partial charge is 0.494 e. The van der Waals surface area contributed by atoms with Crippen molar-refractivity contribution in [3.05, 3.63) is 53.4 Å². The van der Waals surface area contributed by atoms with Crippen LogP contribution in [0, 0.1) is 0 Å². The van der Waals surface area contributed by atoms with Crippen LogP contribution in [0.2, 0.25) is 0 Å². The van der Waals surface area contributed by atoms with Gasteiger partial charge in [0, 0.05) is 16.5 Å². The zero-order valence-electron chi connectivity index (χ0n) is 17.4. The molecule has 30 heavy (non-hydrogen) atoms. The van der Waals surface area contributed by atoms with Gasteiger partial charge in [0.25, 0.3) is 5.91 Å². The SMILES string of the molecule is CCCCCOc1ccc(C(=O)Nc2nc(-c3ccc(OC)c(OC)c3)cs2)cc1. The van der Waals surface area contributed by atoms with Crippen LogP contribution in [-0.2, 0) is 0 Å². The van der Waals surface area contributed by atoms with Gasteiger partial charge in [-0.3, -0.25) is 10.1 Å². The Morgan fingerprint density at radius 2 is 1.80 bits per heavy atom. The van der Waals surface area contributed by atoms with E-state index < -0.39 is 0 Å². The Morgan fingerprint density at radius 1 is 1.03 bits per heavy atom. The molecule has 0 unspecified atom stereocenters. The van der Waals surface area contributed by atoms with E-state index in [1.54, 1.807) is 26.4 Å². The molecular formula is C23H26N2O4S. The van der Waals surface area contributed by atoms with Gasteiger partial charge in [-0.2, -0.15) is 0 Å². The van der Waals surface area contributed by atoms with E-state index in [2.05, 4.69) is 17.2 Å². The fraction of sp³-hybridized carbons (Fsp3) is 0.304. The Bertz CT molecular complexity index is 970. The maximum absolute atomic E-state index is 12.5. The Kier molecular flexibility index (Phi) is 7.68. The summed E-state index contributed by atoms with van der Waals surface area (Å²) in [5, 5.41) is 5.28. The molecule has 0 aliphatic carbocycles. The summed E-state index contributed by atoms with van der Waals surface area (Å²) in [5.74, 6) is 1.85. The molecule has 1 heterocycles. The molecule has 3 rings (SSSR count). The molecule has 0 aliphatic heterocycles. The topological polar surface area (TPSA) is 69.7 Å². The number of rotatable bonds is 10. The number of carbonyl (C=O) groups excluding carboxylic acids is 1. The van der Waals surface area contributed by atoms with Gasteiger partial charge in [-0.15, -0.1) is 11.3 Å². The summed E-state index contributed by atoms with van der Waals surface area (Å²) >= 11 is 1.37. The molecule has 7 heteroatoms. The first-order valence-corrected chi connectivity index (χ1v) is 10.7. The van der Waals surface area contributed by atoms with Crippen molar-refractivity contribution >= 4 is 22.4 Å². The van der Waals surface area contributed by atoms with E-state index in [0.29, 0.717) is 28.8 Å². The van der Waals surface area contributed by atoms with Crippen LogP contribution in [0.4, 0.5) is 5.13 Å². The van der Waals surface area contributed by atoms with Crippen molar-refractivity contribution in [2.45, 2.75) is 26.2 Å². The zero-order chi connectivity index (χ0) is 21.3. The number of methoxy groups -OCH3 is 2. The minimum Gasteiger partial charge on any atom is -0.494 e. The third kappa shape index (κ3) is 5.51. The molecule has 158 valence electrons. The molecule has 0 fully saturated rings. The van der Waals surface area contributed by atoms with Crippen molar-refractivity contribution in [1.82, 2.24) is 4.98 Å². The third-order valence-corrected chi connectivity index (χ3v) is 5.29. The second-order valence-corrected chi connectivity index (χ2v) is 7.50. The van der Waals surface area contributed by atoms with Gasteiger partial charge in [0.2, 0.25) is 0 Å². The lowest BCUT2D eigenvalue weighted by Crippen LogP contribution is -2.11. The number of thiazole rings is 1. The van der Waals surface area contributed by atoms with E-state index in [4.69, 9.17) is 14.2 Å². The fourth-order valence-corrected chi connectivity index (χ4v) is 3.59. The number of nitrogens with zero attached hydrogens (tertiary/aromatic N) is 1. The molecule has 0 saturated heterocycles. The number of amides is 1. The van der Waals surface area contributed by atoms with Gasteiger partial charge in [-0.1, -0.05) is 19.8 Å². The monoisotopic (exact) mass is 426 g/mol. The van der Waals surface area contributed by atoms with Crippen molar-refractivity contribution < 1.29 is 19.0 Å². The molecule has 1 amide bonds. The number of unbranched alkanes of at least 4 members (excludes halogenated alkanes) is 2. The van der Waals surface area contributed by atoms with Crippen LogP contribution in [0.25, 0.3) is 11.3 Å². The summed E-state index contributed by atoms with van der Waals surface area (Å²) in [6.07, 6.45) is 3.34. The predicted octanol–water partition coefficient (Wildman–Crippen LogP) is 5.65. The first-order chi connectivity index (χ1) is 14.6. The van der Waals surface area contributed by atoms with Crippen molar-refractivity contribution in [2.75, 3.05) is 26.1 Å². The average Bonchev–Trinajstić information content (AvgIpc) is 3.25. The normalized spacial score (nSPS) is 10.5. The van der Waals surface area contributed by atoms with Gasteiger partial charge in [0.15, 0.2) is 16.6 Å². The maximum Gasteiger partial charge on any atom is 0.257 e. The van der Waals surface area contributed by atoms with Gasteiger partial charge in [-0.05, 0) is 48.9 Å². The molecule has 0 atom stereocenters. The molecule has 0 bridgehead atoms. The first-order valence-electron chi connectivity index (χ1n) is 9.86. The van der Waals surface area contributed by atoms with Crippen LogP contribution in [-0.4, -0.2) is 31.7 Å². The lowest BCUT2D eigenvalue weighted by atomic mass is 10.1. The van der Waals surface area contributed by atoms with Gasteiger partial charge < -0.3 is 14.2 Å². The molecule has 1 aromatic heterocycles. The van der Waals surface area contributed by atoms with Crippen LogP contribution in [0.5, 0.6) is 17.2 Å². The lowest BCUT2D eigenvalue weighted by molar-refractivity contribution is 0.102. The van der Waals surface area contributed by atoms with Crippen molar-refractivity contribution in [3.8, 4) is 28.5 Å². The predicted molar refractivity (Wildman–Crippen MR) is 120 cm³/mol. The number of carbonyl (C=O) groups is 1. The highest BCUT2D eigenvalue weighted by molar-refractivity contribution is 7.14. The Morgan fingerprint density at radius 3 is 2.50 bits per heavy atom. The minimum atomic E-state index is -0.208. The van der Waals surface area contributed by atoms with Crippen LogP contribution in [0.3, 0.4) is 0 Å². The number of nitrogens with one attached hydrogen (secondary N) is 1. The molecule has 0 radical (unpaired) electrons. The van der Waals surface area contributed by atoms with E-state index >= 15 is 0 Å². The Hall–Kier alpha value is -3.06. The van der Waals surface area contributed by atoms with Gasteiger partial charge in [-0.25, -0.2) is 4.98 Å². The van der Waals surface area contributed by atoms with Crippen LogP contribution < -0.4 is 19.5 Å². The summed E-state index contributed by atoms with van der Waals surface area (Å²) in [6, 6.07) is 12.7. The molecule has 0 spiro atoms. The quantitative estimate of drug-likeness (QED) is 0.424. The highest BCUT2D eigenvalue weighted by Gasteiger charge is 2.12. The van der Waals surface area contributed by atoms with Crippen molar-refractivity contribution in [2.24, 2.45) is 0 Å². The van der Waals surface area contributed by atoms with E-state index in [1.165, 1.54) is 11.3 Å². The number of aromatic nitrogens is 1. The number of hydrogen-bond donors (Lipinski definition) is 1. The molecule has 6 nitrogen and oxygen atoms in total. The number of hydrogen-bond acceptors (Lipinski definition) is 6. The Balaban J connectivity index is 1.62. The number of benzene rings is 2.